The lowest BCUT2D eigenvalue weighted by atomic mass is 10.1. The zero-order valence-corrected chi connectivity index (χ0v) is 15.8. The third-order valence-electron chi connectivity index (χ3n) is 3.83. The van der Waals surface area contributed by atoms with Crippen molar-refractivity contribution in [3.63, 3.8) is 0 Å². The number of benzene rings is 1. The van der Waals surface area contributed by atoms with Crippen LogP contribution in [0.15, 0.2) is 18.2 Å². The zero-order chi connectivity index (χ0) is 18.9. The van der Waals surface area contributed by atoms with E-state index < -0.39 is 10.9 Å². The van der Waals surface area contributed by atoms with Crippen LogP contribution < -0.4 is 10.2 Å². The fourth-order valence-corrected chi connectivity index (χ4v) is 4.48. The lowest BCUT2D eigenvalue weighted by Gasteiger charge is -2.17. The highest BCUT2D eigenvalue weighted by Gasteiger charge is 2.23. The van der Waals surface area contributed by atoms with Crippen LogP contribution in [0.5, 0.6) is 0 Å². The van der Waals surface area contributed by atoms with Gasteiger partial charge >= 0.3 is 5.97 Å². The van der Waals surface area contributed by atoms with Crippen molar-refractivity contribution < 1.29 is 19.6 Å². The van der Waals surface area contributed by atoms with Gasteiger partial charge in [-0.05, 0) is 25.0 Å². The SMILES string of the molecule is O=C(O)CCSSCCNC(=O)c1ccc(N2CCCC2)c([N+](=O)[O-])c1. The predicted octanol–water partition coefficient (Wildman–Crippen LogP) is 2.78. The molecule has 1 fully saturated rings. The maximum absolute atomic E-state index is 12.2. The fourth-order valence-electron chi connectivity index (χ4n) is 2.59. The molecule has 0 radical (unpaired) electrons. The van der Waals surface area contributed by atoms with E-state index in [9.17, 15) is 19.7 Å². The molecule has 0 spiro atoms. The molecule has 10 heteroatoms. The molecule has 2 N–H and O–H groups in total. The molecule has 142 valence electrons. The molecule has 26 heavy (non-hydrogen) atoms. The molecule has 0 bridgehead atoms. The average molecular weight is 399 g/mol. The molecule has 0 aromatic heterocycles. The van der Waals surface area contributed by atoms with E-state index in [-0.39, 0.29) is 23.6 Å². The lowest BCUT2D eigenvalue weighted by molar-refractivity contribution is -0.384. The first-order chi connectivity index (χ1) is 12.5. The molecule has 8 nitrogen and oxygen atoms in total. The van der Waals surface area contributed by atoms with E-state index in [2.05, 4.69) is 5.32 Å². The van der Waals surface area contributed by atoms with Gasteiger partial charge in [0.2, 0.25) is 0 Å². The second kappa shape index (κ2) is 10.3. The first-order valence-electron chi connectivity index (χ1n) is 8.27. The summed E-state index contributed by atoms with van der Waals surface area (Å²) < 4.78 is 0. The molecule has 0 aliphatic carbocycles. The van der Waals surface area contributed by atoms with Crippen LogP contribution >= 0.6 is 21.6 Å². The number of nitro benzene ring substituents is 1. The summed E-state index contributed by atoms with van der Waals surface area (Å²) in [5.74, 6) is -0.0372. The van der Waals surface area contributed by atoms with Gasteiger partial charge in [0.05, 0.1) is 11.3 Å². The van der Waals surface area contributed by atoms with Gasteiger partial charge in [-0.3, -0.25) is 19.7 Å². The molecule has 1 aromatic carbocycles. The van der Waals surface area contributed by atoms with Gasteiger partial charge in [-0.2, -0.15) is 0 Å². The number of anilines is 1. The number of rotatable bonds is 10. The van der Waals surface area contributed by atoms with Crippen molar-refractivity contribution >= 4 is 44.8 Å². The van der Waals surface area contributed by atoms with E-state index in [0.29, 0.717) is 23.7 Å². The van der Waals surface area contributed by atoms with Crippen molar-refractivity contribution in [2.24, 2.45) is 0 Å². The molecule has 0 saturated carbocycles. The first kappa shape index (κ1) is 20.4. The number of nitrogens with one attached hydrogen (secondary N) is 1. The van der Waals surface area contributed by atoms with Crippen molar-refractivity contribution in [1.82, 2.24) is 5.32 Å². The second-order valence-electron chi connectivity index (χ2n) is 5.70. The minimum absolute atomic E-state index is 0.0434. The number of carbonyl (C=O) groups is 2. The minimum Gasteiger partial charge on any atom is -0.481 e. The Morgan fingerprint density at radius 1 is 1.23 bits per heavy atom. The minimum atomic E-state index is -0.828. The Morgan fingerprint density at radius 3 is 2.58 bits per heavy atom. The van der Waals surface area contributed by atoms with Crippen molar-refractivity contribution in [3.8, 4) is 0 Å². The summed E-state index contributed by atoms with van der Waals surface area (Å²) in [7, 11) is 2.92. The molecule has 1 aliphatic heterocycles. The summed E-state index contributed by atoms with van der Waals surface area (Å²) in [5, 5.41) is 22.6. The van der Waals surface area contributed by atoms with Crippen LogP contribution in [0.4, 0.5) is 11.4 Å². The van der Waals surface area contributed by atoms with Gasteiger partial charge in [-0.1, -0.05) is 21.6 Å². The van der Waals surface area contributed by atoms with E-state index >= 15 is 0 Å². The number of hydrogen-bond acceptors (Lipinski definition) is 7. The Hall–Kier alpha value is -1.94. The number of carboxylic acid groups (broad SMARTS) is 1. The monoisotopic (exact) mass is 399 g/mol. The molecular formula is C16H21N3O5S2. The molecule has 1 aromatic rings. The summed E-state index contributed by atoms with van der Waals surface area (Å²) >= 11 is 0. The number of carbonyl (C=O) groups excluding carboxylic acids is 1. The van der Waals surface area contributed by atoms with E-state index in [1.54, 1.807) is 12.1 Å². The number of carboxylic acids is 1. The molecule has 2 rings (SSSR count). The van der Waals surface area contributed by atoms with Gasteiger partial charge in [0.1, 0.15) is 5.69 Å². The Morgan fingerprint density at radius 2 is 1.92 bits per heavy atom. The van der Waals surface area contributed by atoms with Crippen molar-refractivity contribution in [3.05, 3.63) is 33.9 Å². The maximum atomic E-state index is 12.2. The van der Waals surface area contributed by atoms with Crippen molar-refractivity contribution in [1.29, 1.82) is 0 Å². The van der Waals surface area contributed by atoms with Crippen molar-refractivity contribution in [2.45, 2.75) is 19.3 Å². The van der Waals surface area contributed by atoms with Crippen LogP contribution in [0.1, 0.15) is 29.6 Å². The van der Waals surface area contributed by atoms with E-state index in [0.717, 1.165) is 25.9 Å². The van der Waals surface area contributed by atoms with Crippen LogP contribution in [0, 0.1) is 10.1 Å². The van der Waals surface area contributed by atoms with Gasteiger partial charge in [0, 0.05) is 42.8 Å². The van der Waals surface area contributed by atoms with Gasteiger partial charge in [-0.25, -0.2) is 0 Å². The van der Waals surface area contributed by atoms with Gasteiger partial charge in [-0.15, -0.1) is 0 Å². The Labute approximate surface area is 159 Å². The number of amides is 1. The summed E-state index contributed by atoms with van der Waals surface area (Å²) in [5.41, 5.74) is 0.788. The van der Waals surface area contributed by atoms with Crippen LogP contribution in [0.2, 0.25) is 0 Å². The number of nitrogens with zero attached hydrogens (tertiary/aromatic N) is 2. The molecule has 1 heterocycles. The van der Waals surface area contributed by atoms with Crippen LogP contribution in [0.25, 0.3) is 0 Å². The summed E-state index contributed by atoms with van der Waals surface area (Å²) in [6, 6.07) is 4.59. The standard InChI is InChI=1S/C16H21N3O5S2/c20-15(21)5-9-25-26-10-6-17-16(22)12-3-4-13(14(11-12)19(23)24)18-7-1-2-8-18/h3-4,11H,1-2,5-10H2,(H,17,22)(H,20,21). The highest BCUT2D eigenvalue weighted by Crippen LogP contribution is 2.31. The number of hydrogen-bond donors (Lipinski definition) is 2. The third-order valence-corrected chi connectivity index (χ3v) is 6.24. The predicted molar refractivity (Wildman–Crippen MR) is 104 cm³/mol. The lowest BCUT2D eigenvalue weighted by Crippen LogP contribution is -2.26. The molecule has 1 saturated heterocycles. The van der Waals surface area contributed by atoms with Crippen molar-refractivity contribution in [2.75, 3.05) is 36.0 Å². The van der Waals surface area contributed by atoms with Crippen LogP contribution in [-0.4, -0.2) is 53.0 Å². The van der Waals surface area contributed by atoms with E-state index in [4.69, 9.17) is 5.11 Å². The zero-order valence-electron chi connectivity index (χ0n) is 14.2. The van der Waals surface area contributed by atoms with E-state index in [1.165, 1.54) is 27.7 Å². The molecule has 0 atom stereocenters. The Bertz CT molecular complexity index is 665. The fraction of sp³-hybridized carbons (Fsp3) is 0.500. The van der Waals surface area contributed by atoms with Crippen LogP contribution in [0.3, 0.4) is 0 Å². The first-order valence-corrected chi connectivity index (χ1v) is 10.8. The molecule has 0 unspecified atom stereocenters. The third kappa shape index (κ3) is 6.10. The highest BCUT2D eigenvalue weighted by atomic mass is 33.1. The molecule has 1 amide bonds. The summed E-state index contributed by atoms with van der Waals surface area (Å²) in [4.78, 5) is 35.5. The topological polar surface area (TPSA) is 113 Å². The largest absolute Gasteiger partial charge is 0.481 e. The molecule has 1 aliphatic rings. The smallest absolute Gasteiger partial charge is 0.304 e. The quantitative estimate of drug-likeness (QED) is 0.267. The Kier molecular flexibility index (Phi) is 8.05. The maximum Gasteiger partial charge on any atom is 0.304 e. The number of aliphatic carboxylic acids is 1. The van der Waals surface area contributed by atoms with Gasteiger partial charge in [0.15, 0.2) is 0 Å². The van der Waals surface area contributed by atoms with E-state index in [1.807, 2.05) is 4.90 Å². The average Bonchev–Trinajstić information content (AvgIpc) is 3.14. The number of nitro groups is 1. The van der Waals surface area contributed by atoms with Gasteiger partial charge < -0.3 is 15.3 Å². The summed E-state index contributed by atoms with van der Waals surface area (Å²) in [6.07, 6.45) is 2.14. The highest BCUT2D eigenvalue weighted by molar-refractivity contribution is 8.76. The Balaban J connectivity index is 1.85. The van der Waals surface area contributed by atoms with Gasteiger partial charge in [0.25, 0.3) is 11.6 Å². The second-order valence-corrected chi connectivity index (χ2v) is 8.40. The molecular weight excluding hydrogens is 378 g/mol. The summed E-state index contributed by atoms with van der Waals surface area (Å²) in [6.45, 7) is 2.00. The van der Waals surface area contributed by atoms with Crippen LogP contribution in [-0.2, 0) is 4.79 Å². The normalized spacial score (nSPS) is 13.6.